The number of alkyl halides is 1. The van der Waals surface area contributed by atoms with Gasteiger partial charge in [-0.25, -0.2) is 9.69 Å². The molecule has 0 aromatic carbocycles. The van der Waals surface area contributed by atoms with Gasteiger partial charge in [0, 0.05) is 11.4 Å². The van der Waals surface area contributed by atoms with Gasteiger partial charge in [-0.1, -0.05) is 22.9 Å². The molecule has 4 nitrogen and oxygen atoms in total. The molecule has 0 aromatic heterocycles. The highest BCUT2D eigenvalue weighted by Crippen LogP contribution is 2.09. The van der Waals surface area contributed by atoms with E-state index in [9.17, 15) is 9.59 Å². The SMILES string of the molecule is CC(Br)CCN1C(=O)COC1=O. The van der Waals surface area contributed by atoms with Crippen LogP contribution in [0.1, 0.15) is 13.3 Å². The molecule has 1 fully saturated rings. The summed E-state index contributed by atoms with van der Waals surface area (Å²) in [4.78, 5) is 23.3. The molecular weight excluding hydrogens is 226 g/mol. The van der Waals surface area contributed by atoms with Crippen molar-refractivity contribution in [2.45, 2.75) is 18.2 Å². The summed E-state index contributed by atoms with van der Waals surface area (Å²) in [6.45, 7) is 2.30. The van der Waals surface area contributed by atoms with Gasteiger partial charge >= 0.3 is 6.09 Å². The predicted octanol–water partition coefficient (Wildman–Crippen LogP) is 1.14. The van der Waals surface area contributed by atoms with E-state index in [4.69, 9.17) is 0 Å². The van der Waals surface area contributed by atoms with Gasteiger partial charge in [0.25, 0.3) is 5.91 Å². The monoisotopic (exact) mass is 235 g/mol. The van der Waals surface area contributed by atoms with Crippen LogP contribution in [-0.2, 0) is 9.53 Å². The molecule has 2 amide bonds. The average molecular weight is 236 g/mol. The Balaban J connectivity index is 2.40. The molecule has 0 spiro atoms. The zero-order valence-electron chi connectivity index (χ0n) is 6.75. The van der Waals surface area contributed by atoms with Crippen LogP contribution in [0.25, 0.3) is 0 Å². The van der Waals surface area contributed by atoms with Crippen molar-refractivity contribution in [3.8, 4) is 0 Å². The lowest BCUT2D eigenvalue weighted by Gasteiger charge is -2.10. The highest BCUT2D eigenvalue weighted by molar-refractivity contribution is 9.09. The standard InChI is InChI=1S/C7H10BrNO3/c1-5(8)2-3-9-6(10)4-12-7(9)11/h5H,2-4H2,1H3. The van der Waals surface area contributed by atoms with Gasteiger partial charge in [-0.05, 0) is 6.42 Å². The summed E-state index contributed by atoms with van der Waals surface area (Å²) in [7, 11) is 0. The highest BCUT2D eigenvalue weighted by Gasteiger charge is 2.30. The van der Waals surface area contributed by atoms with E-state index in [0.29, 0.717) is 11.4 Å². The molecule has 1 aliphatic heterocycles. The number of rotatable bonds is 3. The Morgan fingerprint density at radius 2 is 2.33 bits per heavy atom. The summed E-state index contributed by atoms with van der Waals surface area (Å²) in [5, 5.41) is 0. The average Bonchev–Trinajstić information content (AvgIpc) is 2.28. The zero-order chi connectivity index (χ0) is 9.14. The van der Waals surface area contributed by atoms with Crippen LogP contribution in [0.4, 0.5) is 4.79 Å². The van der Waals surface area contributed by atoms with Crippen molar-refractivity contribution in [2.24, 2.45) is 0 Å². The molecule has 12 heavy (non-hydrogen) atoms. The predicted molar refractivity (Wildman–Crippen MR) is 46.1 cm³/mol. The fraction of sp³-hybridized carbons (Fsp3) is 0.714. The molecule has 0 bridgehead atoms. The number of carbonyl (C=O) groups excluding carboxylic acids is 2. The van der Waals surface area contributed by atoms with Gasteiger partial charge < -0.3 is 4.74 Å². The van der Waals surface area contributed by atoms with Crippen LogP contribution in [-0.4, -0.2) is 34.9 Å². The van der Waals surface area contributed by atoms with Crippen LogP contribution < -0.4 is 0 Å². The molecule has 0 aromatic rings. The summed E-state index contributed by atoms with van der Waals surface area (Å²) in [5.41, 5.74) is 0. The maximum atomic E-state index is 11.0. The van der Waals surface area contributed by atoms with Crippen LogP contribution in [0.15, 0.2) is 0 Å². The largest absolute Gasteiger partial charge is 0.439 e. The molecule has 0 aliphatic carbocycles. The van der Waals surface area contributed by atoms with E-state index in [2.05, 4.69) is 20.7 Å². The maximum absolute atomic E-state index is 11.0. The molecular formula is C7H10BrNO3. The number of hydrogen-bond donors (Lipinski definition) is 0. The number of cyclic esters (lactones) is 1. The number of imide groups is 1. The van der Waals surface area contributed by atoms with Crippen molar-refractivity contribution in [3.63, 3.8) is 0 Å². The number of carbonyl (C=O) groups is 2. The van der Waals surface area contributed by atoms with Crippen molar-refractivity contribution in [1.82, 2.24) is 4.90 Å². The molecule has 1 heterocycles. The van der Waals surface area contributed by atoms with Crippen LogP contribution in [0.3, 0.4) is 0 Å². The fourth-order valence-corrected chi connectivity index (χ4v) is 1.11. The lowest BCUT2D eigenvalue weighted by molar-refractivity contribution is -0.125. The third kappa shape index (κ3) is 2.20. The molecule has 0 saturated carbocycles. The Kier molecular flexibility index (Phi) is 3.08. The lowest BCUT2D eigenvalue weighted by Crippen LogP contribution is -2.30. The van der Waals surface area contributed by atoms with Crippen molar-refractivity contribution < 1.29 is 14.3 Å². The summed E-state index contributed by atoms with van der Waals surface area (Å²) < 4.78 is 4.53. The van der Waals surface area contributed by atoms with Crippen molar-refractivity contribution in [1.29, 1.82) is 0 Å². The lowest BCUT2D eigenvalue weighted by atomic mass is 10.3. The first-order valence-corrected chi connectivity index (χ1v) is 4.64. The smallest absolute Gasteiger partial charge is 0.417 e. The fourth-order valence-electron chi connectivity index (χ4n) is 0.904. The van der Waals surface area contributed by atoms with Crippen molar-refractivity contribution in [3.05, 3.63) is 0 Å². The highest BCUT2D eigenvalue weighted by atomic mass is 79.9. The summed E-state index contributed by atoms with van der Waals surface area (Å²) >= 11 is 3.33. The first kappa shape index (κ1) is 9.51. The number of nitrogens with zero attached hydrogens (tertiary/aromatic N) is 1. The second-order valence-electron chi connectivity index (χ2n) is 2.67. The van der Waals surface area contributed by atoms with Crippen LogP contribution in [0, 0.1) is 0 Å². The summed E-state index contributed by atoms with van der Waals surface area (Å²) in [6.07, 6.45) is 0.231. The molecule has 1 atom stereocenters. The van der Waals surface area contributed by atoms with Gasteiger partial charge in [-0.15, -0.1) is 0 Å². The van der Waals surface area contributed by atoms with E-state index < -0.39 is 6.09 Å². The number of halogens is 1. The van der Waals surface area contributed by atoms with Gasteiger partial charge in [-0.3, -0.25) is 4.79 Å². The summed E-state index contributed by atoms with van der Waals surface area (Å²) in [6, 6.07) is 0. The Hall–Kier alpha value is -0.580. The van der Waals surface area contributed by atoms with Gasteiger partial charge in [0.15, 0.2) is 6.61 Å². The number of ether oxygens (including phenoxy) is 1. The quantitative estimate of drug-likeness (QED) is 0.690. The van der Waals surface area contributed by atoms with Gasteiger partial charge in [0.05, 0.1) is 0 Å². The molecule has 5 heteroatoms. The third-order valence-electron chi connectivity index (χ3n) is 1.59. The topological polar surface area (TPSA) is 46.6 Å². The maximum Gasteiger partial charge on any atom is 0.417 e. The van der Waals surface area contributed by atoms with E-state index in [0.717, 1.165) is 11.3 Å². The van der Waals surface area contributed by atoms with E-state index in [1.165, 1.54) is 0 Å². The van der Waals surface area contributed by atoms with E-state index in [1.807, 2.05) is 6.92 Å². The Labute approximate surface area is 79.0 Å². The Morgan fingerprint density at radius 1 is 1.67 bits per heavy atom. The molecule has 1 saturated heterocycles. The van der Waals surface area contributed by atoms with Crippen molar-refractivity contribution >= 4 is 27.9 Å². The molecule has 0 N–H and O–H groups in total. The third-order valence-corrected chi connectivity index (χ3v) is 2.05. The van der Waals surface area contributed by atoms with E-state index in [-0.39, 0.29) is 12.5 Å². The van der Waals surface area contributed by atoms with Gasteiger partial charge in [0.1, 0.15) is 0 Å². The second-order valence-corrected chi connectivity index (χ2v) is 4.23. The first-order chi connectivity index (χ1) is 5.61. The van der Waals surface area contributed by atoms with Crippen LogP contribution in [0.5, 0.6) is 0 Å². The Morgan fingerprint density at radius 3 is 2.75 bits per heavy atom. The second kappa shape index (κ2) is 3.89. The number of hydrogen-bond acceptors (Lipinski definition) is 3. The molecule has 0 radical (unpaired) electrons. The minimum atomic E-state index is -0.520. The normalized spacial score (nSPS) is 19.7. The summed E-state index contributed by atoms with van der Waals surface area (Å²) in [5.74, 6) is -0.242. The van der Waals surface area contributed by atoms with E-state index >= 15 is 0 Å². The van der Waals surface area contributed by atoms with E-state index in [1.54, 1.807) is 0 Å². The minimum Gasteiger partial charge on any atom is -0.439 e. The van der Waals surface area contributed by atoms with Gasteiger partial charge in [-0.2, -0.15) is 0 Å². The van der Waals surface area contributed by atoms with Crippen LogP contribution in [0.2, 0.25) is 0 Å². The number of amides is 2. The van der Waals surface area contributed by atoms with Crippen LogP contribution >= 0.6 is 15.9 Å². The first-order valence-electron chi connectivity index (χ1n) is 3.72. The zero-order valence-corrected chi connectivity index (χ0v) is 8.33. The van der Waals surface area contributed by atoms with Crippen molar-refractivity contribution in [2.75, 3.05) is 13.2 Å². The molecule has 1 rings (SSSR count). The molecule has 1 unspecified atom stereocenters. The minimum absolute atomic E-state index is 0.102. The molecule has 68 valence electrons. The Bertz CT molecular complexity index is 189. The van der Waals surface area contributed by atoms with Gasteiger partial charge in [0.2, 0.25) is 0 Å². The molecule has 1 aliphatic rings.